The molecular formula is C40H52. The summed E-state index contributed by atoms with van der Waals surface area (Å²) in [6.07, 6.45) is 29.7. The molecule has 2 aliphatic rings. The third-order valence-corrected chi connectivity index (χ3v) is 7.85. The van der Waals surface area contributed by atoms with Crippen molar-refractivity contribution in [1.29, 1.82) is 0 Å². The van der Waals surface area contributed by atoms with Crippen LogP contribution in [0, 0.1) is 40.4 Å². The van der Waals surface area contributed by atoms with E-state index in [0.717, 1.165) is 19.3 Å². The molecule has 0 radical (unpaired) electrons. The van der Waals surface area contributed by atoms with Crippen LogP contribution in [0.2, 0.25) is 0 Å². The summed E-state index contributed by atoms with van der Waals surface area (Å²) >= 11 is 0. The molecule has 0 aromatic rings. The van der Waals surface area contributed by atoms with E-state index in [-0.39, 0.29) is 16.7 Å². The Morgan fingerprint density at radius 2 is 1.75 bits per heavy atom. The van der Waals surface area contributed by atoms with Crippen LogP contribution in [-0.4, -0.2) is 0 Å². The van der Waals surface area contributed by atoms with Gasteiger partial charge in [0.2, 0.25) is 0 Å². The first-order chi connectivity index (χ1) is 18.8. The topological polar surface area (TPSA) is 0 Å². The quantitative estimate of drug-likeness (QED) is 0.226. The molecule has 0 spiro atoms. The molecule has 2 rings (SSSR count). The summed E-state index contributed by atoms with van der Waals surface area (Å²) in [5.41, 5.74) is 9.94. The van der Waals surface area contributed by atoms with Crippen LogP contribution in [0.5, 0.6) is 0 Å². The standard InChI is InChI=1S/C40H52/c1-31(19-13-21-33(3)25-27-37-35(5)23-15-29-39(37,7)8)17-11-12-18-32(2)20-14-22-34(4)26-28-38-36(6)24-16-30-40(38,9)10/h13,15,17,19,21-25,27-28,32H,11,16,26,29-30H2,1-10H3/b19-13+,27-25+,31-17+,33-21+,34-22+,38-28+. The first kappa shape index (κ1) is 33.0. The number of hydrogen-bond acceptors (Lipinski definition) is 0. The summed E-state index contributed by atoms with van der Waals surface area (Å²) in [6.45, 7) is 22.3. The minimum Gasteiger partial charge on any atom is -0.0978 e. The van der Waals surface area contributed by atoms with Crippen molar-refractivity contribution in [3.8, 4) is 23.7 Å². The Bertz CT molecular complexity index is 1310. The van der Waals surface area contributed by atoms with E-state index in [4.69, 9.17) is 0 Å². The first-order valence-corrected chi connectivity index (χ1v) is 14.9. The van der Waals surface area contributed by atoms with Gasteiger partial charge < -0.3 is 0 Å². The van der Waals surface area contributed by atoms with Crippen molar-refractivity contribution in [1.82, 2.24) is 0 Å². The van der Waals surface area contributed by atoms with Gasteiger partial charge in [-0.05, 0) is 101 Å². The molecule has 40 heavy (non-hydrogen) atoms. The predicted octanol–water partition coefficient (Wildman–Crippen LogP) is 11.4. The smallest absolute Gasteiger partial charge is 0.0787 e. The van der Waals surface area contributed by atoms with Gasteiger partial charge in [-0.15, -0.1) is 0 Å². The van der Waals surface area contributed by atoms with Gasteiger partial charge in [0.1, 0.15) is 0 Å². The van der Waals surface area contributed by atoms with Gasteiger partial charge in [0.25, 0.3) is 0 Å². The van der Waals surface area contributed by atoms with Crippen LogP contribution in [0.25, 0.3) is 0 Å². The van der Waals surface area contributed by atoms with Crippen LogP contribution in [0.15, 0.2) is 106 Å². The summed E-state index contributed by atoms with van der Waals surface area (Å²) < 4.78 is 0. The van der Waals surface area contributed by atoms with Crippen molar-refractivity contribution < 1.29 is 0 Å². The Hall–Kier alpha value is -3.22. The molecule has 0 heteroatoms. The molecule has 1 atom stereocenters. The molecule has 2 aliphatic carbocycles. The molecule has 0 heterocycles. The summed E-state index contributed by atoms with van der Waals surface area (Å²) in [6, 6.07) is 0. The van der Waals surface area contributed by atoms with Crippen LogP contribution in [0.4, 0.5) is 0 Å². The van der Waals surface area contributed by atoms with Crippen molar-refractivity contribution in [2.24, 2.45) is 16.7 Å². The zero-order chi connectivity index (χ0) is 29.8. The molecule has 0 fully saturated rings. The molecule has 0 saturated carbocycles. The number of rotatable bonds is 7. The van der Waals surface area contributed by atoms with Crippen LogP contribution >= 0.6 is 0 Å². The highest BCUT2D eigenvalue weighted by atomic mass is 14.3. The Kier molecular flexibility index (Phi) is 12.8. The van der Waals surface area contributed by atoms with Crippen LogP contribution in [0.3, 0.4) is 0 Å². The highest BCUT2D eigenvalue weighted by molar-refractivity contribution is 5.42. The zero-order valence-electron chi connectivity index (χ0n) is 27.0. The number of hydrogen-bond donors (Lipinski definition) is 0. The van der Waals surface area contributed by atoms with Crippen molar-refractivity contribution in [2.45, 2.75) is 101 Å². The van der Waals surface area contributed by atoms with Gasteiger partial charge in [0.05, 0.1) is 5.92 Å². The van der Waals surface area contributed by atoms with E-state index in [1.807, 2.05) is 0 Å². The summed E-state index contributed by atoms with van der Waals surface area (Å²) in [4.78, 5) is 0. The van der Waals surface area contributed by atoms with Crippen molar-refractivity contribution in [2.75, 3.05) is 0 Å². The molecule has 0 nitrogen and oxygen atoms in total. The fraction of sp³-hybridized carbons (Fsp3) is 0.450. The maximum absolute atomic E-state index is 3.27. The van der Waals surface area contributed by atoms with Crippen molar-refractivity contribution in [3.05, 3.63) is 106 Å². The van der Waals surface area contributed by atoms with Gasteiger partial charge in [-0.1, -0.05) is 134 Å². The molecule has 0 amide bonds. The van der Waals surface area contributed by atoms with E-state index in [2.05, 4.69) is 160 Å². The molecular weight excluding hydrogens is 480 g/mol. The van der Waals surface area contributed by atoms with E-state index < -0.39 is 0 Å². The van der Waals surface area contributed by atoms with E-state index >= 15 is 0 Å². The Morgan fingerprint density at radius 1 is 1.00 bits per heavy atom. The third-order valence-electron chi connectivity index (χ3n) is 7.85. The monoisotopic (exact) mass is 532 g/mol. The minimum atomic E-state index is 0.0647. The Labute approximate surface area is 247 Å². The van der Waals surface area contributed by atoms with Crippen molar-refractivity contribution in [3.63, 3.8) is 0 Å². The first-order valence-electron chi connectivity index (χ1n) is 14.9. The molecule has 0 saturated heterocycles. The lowest BCUT2D eigenvalue weighted by Crippen LogP contribution is -2.18. The predicted molar refractivity (Wildman–Crippen MR) is 179 cm³/mol. The Balaban J connectivity index is 1.85. The van der Waals surface area contributed by atoms with Gasteiger partial charge in [-0.2, -0.15) is 0 Å². The normalized spacial score (nSPS) is 21.3. The largest absolute Gasteiger partial charge is 0.0978 e. The summed E-state index contributed by atoms with van der Waals surface area (Å²) in [7, 11) is 0. The van der Waals surface area contributed by atoms with E-state index in [1.54, 1.807) is 0 Å². The average Bonchev–Trinajstić information content (AvgIpc) is 2.85. The third kappa shape index (κ3) is 11.1. The molecule has 0 bridgehead atoms. The second-order valence-corrected chi connectivity index (χ2v) is 12.8. The van der Waals surface area contributed by atoms with Gasteiger partial charge >= 0.3 is 0 Å². The second kappa shape index (κ2) is 15.5. The fourth-order valence-corrected chi connectivity index (χ4v) is 5.25. The molecule has 212 valence electrons. The average molecular weight is 533 g/mol. The van der Waals surface area contributed by atoms with Gasteiger partial charge in [0.15, 0.2) is 0 Å². The molecule has 1 unspecified atom stereocenters. The Morgan fingerprint density at radius 3 is 2.45 bits per heavy atom. The maximum atomic E-state index is 3.27. The van der Waals surface area contributed by atoms with Crippen LogP contribution < -0.4 is 0 Å². The van der Waals surface area contributed by atoms with Crippen molar-refractivity contribution >= 4 is 0 Å². The van der Waals surface area contributed by atoms with Gasteiger partial charge in [-0.3, -0.25) is 0 Å². The lowest BCUT2D eigenvalue weighted by Gasteiger charge is -2.32. The lowest BCUT2D eigenvalue weighted by molar-refractivity contribution is 0.403. The van der Waals surface area contributed by atoms with Gasteiger partial charge in [-0.25, -0.2) is 0 Å². The number of allylic oxidation sites excluding steroid dienone is 18. The highest BCUT2D eigenvalue weighted by Crippen LogP contribution is 2.40. The maximum Gasteiger partial charge on any atom is 0.0787 e. The van der Waals surface area contributed by atoms with Crippen LogP contribution in [0.1, 0.15) is 101 Å². The molecule has 0 aromatic heterocycles. The molecule has 0 aromatic carbocycles. The minimum absolute atomic E-state index is 0.0647. The van der Waals surface area contributed by atoms with E-state index in [9.17, 15) is 0 Å². The van der Waals surface area contributed by atoms with E-state index in [0.29, 0.717) is 0 Å². The van der Waals surface area contributed by atoms with Crippen LogP contribution in [-0.2, 0) is 0 Å². The molecule has 0 N–H and O–H groups in total. The molecule has 0 aliphatic heterocycles. The summed E-state index contributed by atoms with van der Waals surface area (Å²) in [5.74, 6) is 13.1. The second-order valence-electron chi connectivity index (χ2n) is 12.8. The SMILES string of the molecule is CC1=CCCC(C)(C)/C1=C/C/C(C)=C/C#CC(C)C#CC/C=C(C)/C=C/C=C(C)/C=C/C1=C(C)C=CCC1(C)C. The van der Waals surface area contributed by atoms with E-state index in [1.165, 1.54) is 51.9 Å². The summed E-state index contributed by atoms with van der Waals surface area (Å²) in [5, 5.41) is 0. The highest BCUT2D eigenvalue weighted by Gasteiger charge is 2.26. The van der Waals surface area contributed by atoms with Gasteiger partial charge in [0, 0.05) is 6.42 Å². The lowest BCUT2D eigenvalue weighted by atomic mass is 9.73. The zero-order valence-corrected chi connectivity index (χ0v) is 27.0. The fourth-order valence-electron chi connectivity index (χ4n) is 5.25.